The fourth-order valence-corrected chi connectivity index (χ4v) is 7.50. The Morgan fingerprint density at radius 2 is 1.11 bits per heavy atom. The van der Waals surface area contributed by atoms with Crippen LogP contribution in [0.3, 0.4) is 0 Å². The summed E-state index contributed by atoms with van der Waals surface area (Å²) < 4.78 is 42.0. The van der Waals surface area contributed by atoms with Crippen molar-refractivity contribution in [3.8, 4) is 21.5 Å². The number of aromatic nitrogens is 4. The average Bonchev–Trinajstić information content (AvgIpc) is 3.95. The number of imidazole rings is 2. The molecule has 0 atom stereocenters. The SMILES string of the molecule is Cc1ccccc1COc1cc(-n2cnc3cc(F)ccc32)sc1C(=O)O.Cc1ccccc1COc1cc(-n2cnc3ccc(F)cc32)sc1C(=O)O. The molecule has 0 saturated carbocycles. The Hall–Kier alpha value is -6.38. The number of hydrogen-bond donors (Lipinski definition) is 2. The molecule has 10 nitrogen and oxygen atoms in total. The topological polar surface area (TPSA) is 129 Å². The first-order chi connectivity index (χ1) is 26.0. The molecule has 0 amide bonds. The lowest BCUT2D eigenvalue weighted by Crippen LogP contribution is -2.01. The highest BCUT2D eigenvalue weighted by Gasteiger charge is 2.21. The number of halogens is 2. The van der Waals surface area contributed by atoms with Crippen LogP contribution in [0.2, 0.25) is 0 Å². The molecule has 0 fully saturated rings. The van der Waals surface area contributed by atoms with E-state index in [-0.39, 0.29) is 40.4 Å². The van der Waals surface area contributed by atoms with Crippen molar-refractivity contribution in [1.29, 1.82) is 0 Å². The molecule has 0 aliphatic carbocycles. The van der Waals surface area contributed by atoms with Gasteiger partial charge in [-0.3, -0.25) is 9.13 Å². The van der Waals surface area contributed by atoms with Gasteiger partial charge in [0, 0.05) is 24.3 Å². The molecule has 8 rings (SSSR count). The number of carbonyl (C=O) groups is 2. The third-order valence-corrected chi connectivity index (χ3v) is 10.7. The third kappa shape index (κ3) is 7.56. The highest BCUT2D eigenvalue weighted by molar-refractivity contribution is 7.17. The summed E-state index contributed by atoms with van der Waals surface area (Å²) in [6.07, 6.45) is 3.10. The zero-order valence-corrected chi connectivity index (χ0v) is 30.3. The fourth-order valence-electron chi connectivity index (χ4n) is 5.65. The smallest absolute Gasteiger partial charge is 0.349 e. The minimum Gasteiger partial charge on any atom is -0.487 e. The first kappa shape index (κ1) is 36.0. The summed E-state index contributed by atoms with van der Waals surface area (Å²) in [4.78, 5) is 31.9. The number of fused-ring (bicyclic) bond motifs is 2. The Labute approximate surface area is 314 Å². The Morgan fingerprint density at radius 3 is 1.65 bits per heavy atom. The summed E-state index contributed by atoms with van der Waals surface area (Å²) >= 11 is 2.15. The third-order valence-electron chi connectivity index (χ3n) is 8.54. The molecule has 2 N–H and O–H groups in total. The lowest BCUT2D eigenvalue weighted by molar-refractivity contribution is 0.0686. The Balaban J connectivity index is 0.000000167. The summed E-state index contributed by atoms with van der Waals surface area (Å²) in [5, 5.41) is 20.3. The minimum absolute atomic E-state index is 0.0943. The molecular formula is C40H30F2N4O6S2. The average molecular weight is 765 g/mol. The maximum absolute atomic E-state index is 13.6. The van der Waals surface area contributed by atoms with Crippen LogP contribution in [0.5, 0.6) is 11.5 Å². The molecule has 0 spiro atoms. The van der Waals surface area contributed by atoms with Gasteiger partial charge in [0.05, 0.1) is 22.1 Å². The summed E-state index contributed by atoms with van der Waals surface area (Å²) in [5.41, 5.74) is 6.51. The van der Waals surface area contributed by atoms with E-state index in [4.69, 9.17) is 9.47 Å². The van der Waals surface area contributed by atoms with Gasteiger partial charge in [0.15, 0.2) is 9.75 Å². The number of thiophene rings is 2. The lowest BCUT2D eigenvalue weighted by atomic mass is 10.1. The number of nitrogens with zero attached hydrogens (tertiary/aromatic N) is 4. The van der Waals surface area contributed by atoms with Gasteiger partial charge in [-0.05, 0) is 60.4 Å². The van der Waals surface area contributed by atoms with E-state index in [1.807, 2.05) is 62.4 Å². The summed E-state index contributed by atoms with van der Waals surface area (Å²) in [6, 6.07) is 27.5. The van der Waals surface area contributed by atoms with Gasteiger partial charge < -0.3 is 19.7 Å². The first-order valence-corrected chi connectivity index (χ1v) is 18.0. The summed E-state index contributed by atoms with van der Waals surface area (Å²) in [6.45, 7) is 4.50. The fraction of sp³-hybridized carbons (Fsp3) is 0.100. The van der Waals surface area contributed by atoms with Gasteiger partial charge in [-0.25, -0.2) is 28.3 Å². The quantitative estimate of drug-likeness (QED) is 0.141. The van der Waals surface area contributed by atoms with Crippen molar-refractivity contribution >= 4 is 56.7 Å². The predicted molar refractivity (Wildman–Crippen MR) is 203 cm³/mol. The molecule has 0 unspecified atom stereocenters. The van der Waals surface area contributed by atoms with Crippen LogP contribution in [0.25, 0.3) is 32.1 Å². The Bertz CT molecular complexity index is 2660. The van der Waals surface area contributed by atoms with Gasteiger partial charge in [-0.15, -0.1) is 22.7 Å². The highest BCUT2D eigenvalue weighted by atomic mass is 32.1. The van der Waals surface area contributed by atoms with Crippen LogP contribution in [0, 0.1) is 25.5 Å². The molecule has 54 heavy (non-hydrogen) atoms. The van der Waals surface area contributed by atoms with E-state index in [0.29, 0.717) is 37.8 Å². The molecule has 0 bridgehead atoms. The lowest BCUT2D eigenvalue weighted by Gasteiger charge is -2.07. The predicted octanol–water partition coefficient (Wildman–Crippen LogP) is 9.62. The second-order valence-corrected chi connectivity index (χ2v) is 14.2. The van der Waals surface area contributed by atoms with E-state index in [1.165, 1.54) is 24.3 Å². The molecule has 14 heteroatoms. The number of rotatable bonds is 10. The zero-order valence-electron chi connectivity index (χ0n) is 28.7. The van der Waals surface area contributed by atoms with Crippen molar-refractivity contribution in [2.24, 2.45) is 0 Å². The number of aromatic carboxylic acids is 2. The van der Waals surface area contributed by atoms with Gasteiger partial charge in [0.25, 0.3) is 0 Å². The molecule has 272 valence electrons. The molecule has 4 aromatic heterocycles. The van der Waals surface area contributed by atoms with E-state index in [2.05, 4.69) is 9.97 Å². The standard InChI is InChI=1S/2C20H15FN2O3S/c1-12-4-2-3-5-13(12)10-26-17-9-18(27-19(17)20(24)25)23-11-22-15-8-14(21)6-7-16(15)23;1-12-4-2-3-5-13(12)10-26-17-9-18(27-19(17)20(24)25)23-11-22-15-7-6-14(21)8-16(15)23/h2*2-9,11H,10H2,1H3,(H,24,25). The van der Waals surface area contributed by atoms with Gasteiger partial charge >= 0.3 is 11.9 Å². The molecule has 4 heterocycles. The molecule has 0 aliphatic rings. The zero-order chi connectivity index (χ0) is 37.9. The van der Waals surface area contributed by atoms with Crippen molar-refractivity contribution < 1.29 is 38.1 Å². The van der Waals surface area contributed by atoms with E-state index in [0.717, 1.165) is 44.9 Å². The van der Waals surface area contributed by atoms with Gasteiger partial charge in [0.2, 0.25) is 0 Å². The molecule has 0 saturated heterocycles. The van der Waals surface area contributed by atoms with Crippen LogP contribution in [0.4, 0.5) is 8.78 Å². The van der Waals surface area contributed by atoms with Crippen LogP contribution >= 0.6 is 22.7 Å². The van der Waals surface area contributed by atoms with Crippen LogP contribution in [-0.2, 0) is 13.2 Å². The van der Waals surface area contributed by atoms with Crippen molar-refractivity contribution in [3.63, 3.8) is 0 Å². The van der Waals surface area contributed by atoms with E-state index >= 15 is 0 Å². The molecule has 4 aromatic carbocycles. The maximum atomic E-state index is 13.6. The largest absolute Gasteiger partial charge is 0.487 e. The van der Waals surface area contributed by atoms with Crippen LogP contribution in [0.15, 0.2) is 110 Å². The van der Waals surface area contributed by atoms with Gasteiger partial charge in [0.1, 0.15) is 59.0 Å². The van der Waals surface area contributed by atoms with Crippen LogP contribution in [-0.4, -0.2) is 41.3 Å². The van der Waals surface area contributed by atoms with Gasteiger partial charge in [-0.2, -0.15) is 0 Å². The maximum Gasteiger partial charge on any atom is 0.349 e. The van der Waals surface area contributed by atoms with Crippen molar-refractivity contribution in [3.05, 3.63) is 153 Å². The molecule has 0 aliphatic heterocycles. The van der Waals surface area contributed by atoms with Crippen molar-refractivity contribution in [2.75, 3.05) is 0 Å². The minimum atomic E-state index is -1.07. The normalized spacial score (nSPS) is 11.0. The summed E-state index contributed by atoms with van der Waals surface area (Å²) in [7, 11) is 0. The number of aryl methyl sites for hydroxylation is 2. The molecule has 0 radical (unpaired) electrons. The number of carboxylic acids is 2. The number of hydrogen-bond acceptors (Lipinski definition) is 8. The van der Waals surface area contributed by atoms with Crippen molar-refractivity contribution in [1.82, 2.24) is 19.1 Å². The van der Waals surface area contributed by atoms with E-state index in [9.17, 15) is 28.6 Å². The highest BCUT2D eigenvalue weighted by Crippen LogP contribution is 2.36. The number of ether oxygens (including phenoxy) is 2. The second kappa shape index (κ2) is 15.3. The van der Waals surface area contributed by atoms with E-state index in [1.54, 1.807) is 46.1 Å². The Morgan fingerprint density at radius 1 is 0.630 bits per heavy atom. The molecular weight excluding hydrogens is 735 g/mol. The first-order valence-electron chi connectivity index (χ1n) is 16.4. The number of benzene rings is 4. The number of carboxylic acid groups (broad SMARTS) is 2. The van der Waals surface area contributed by atoms with E-state index < -0.39 is 11.9 Å². The van der Waals surface area contributed by atoms with Crippen LogP contribution in [0.1, 0.15) is 41.6 Å². The molecule has 8 aromatic rings. The van der Waals surface area contributed by atoms with Crippen molar-refractivity contribution in [2.45, 2.75) is 27.1 Å². The summed E-state index contributed by atoms with van der Waals surface area (Å²) in [5.74, 6) is -2.29. The van der Waals surface area contributed by atoms with Gasteiger partial charge in [-0.1, -0.05) is 48.5 Å². The second-order valence-electron chi connectivity index (χ2n) is 12.1. The Kier molecular flexibility index (Phi) is 10.2. The van der Waals surface area contributed by atoms with Crippen LogP contribution < -0.4 is 9.47 Å². The monoisotopic (exact) mass is 764 g/mol.